The fourth-order valence-electron chi connectivity index (χ4n) is 10.1. The molecule has 0 bridgehead atoms. The average Bonchev–Trinajstić information content (AvgIpc) is 2.92. The predicted molar refractivity (Wildman–Crippen MR) is 381 cm³/mol. The standard InChI is InChI=1S/C75H136O16P2/c1-4-7-10-13-16-19-22-23-24-25-26-27-28-29-30-31-32-33-34-35-36-37-38-39-40-41-42-43-44-45-48-50-52-55-58-61-73(78)85-64-70(76)65-87-92(81,82)88-66-71(77)67-89-93(83,84)90-69-72(91-75(80)63-60-57-54-51-47-21-18-15-12-9-6-3)68-86-74(79)62-59-56-53-49-46-20-17-14-11-8-5-2/h14-19,23-24,26-27,29-30,70-72,76-77H,4-13,20-22,25,28,31-69H2,1-3H3,(H,81,82)(H,83,84)/b17-14-,18-15-,19-16-,24-23-,27-26-,30-29-. The Bertz CT molecular complexity index is 1990. The molecule has 0 aliphatic carbocycles. The molecule has 0 aromatic carbocycles. The molecule has 0 radical (unpaired) electrons. The Morgan fingerprint density at radius 2 is 0.548 bits per heavy atom. The second kappa shape index (κ2) is 68.9. The van der Waals surface area contributed by atoms with E-state index in [0.29, 0.717) is 19.3 Å². The van der Waals surface area contributed by atoms with Gasteiger partial charge < -0.3 is 34.2 Å². The number of phosphoric ester groups is 2. The van der Waals surface area contributed by atoms with E-state index in [4.69, 9.17) is 32.3 Å². The first-order chi connectivity index (χ1) is 45.2. The molecular weight excluding hydrogens is 1220 g/mol. The van der Waals surface area contributed by atoms with Crippen molar-refractivity contribution in [3.05, 3.63) is 72.9 Å². The molecule has 0 aliphatic heterocycles. The smallest absolute Gasteiger partial charge is 0.463 e. The topological polar surface area (TPSA) is 231 Å². The van der Waals surface area contributed by atoms with E-state index >= 15 is 0 Å². The number of aliphatic hydroxyl groups excluding tert-OH is 2. The summed E-state index contributed by atoms with van der Waals surface area (Å²) in [4.78, 5) is 58.2. The molecule has 5 atom stereocenters. The van der Waals surface area contributed by atoms with Gasteiger partial charge in [-0.2, -0.15) is 0 Å². The first-order valence-electron chi connectivity index (χ1n) is 37.2. The van der Waals surface area contributed by atoms with Crippen molar-refractivity contribution in [1.82, 2.24) is 0 Å². The molecule has 0 aromatic heterocycles. The summed E-state index contributed by atoms with van der Waals surface area (Å²) in [7, 11) is -9.76. The van der Waals surface area contributed by atoms with Crippen molar-refractivity contribution < 1.29 is 75.8 Å². The summed E-state index contributed by atoms with van der Waals surface area (Å²) in [6.45, 7) is 2.56. The highest BCUT2D eigenvalue weighted by Crippen LogP contribution is 2.45. The van der Waals surface area contributed by atoms with Crippen LogP contribution in [-0.2, 0) is 55.8 Å². The molecule has 0 fully saturated rings. The molecule has 0 spiro atoms. The van der Waals surface area contributed by atoms with Crippen LogP contribution in [0.2, 0.25) is 0 Å². The van der Waals surface area contributed by atoms with Crippen LogP contribution in [0.5, 0.6) is 0 Å². The maximum Gasteiger partial charge on any atom is 0.472 e. The van der Waals surface area contributed by atoms with Gasteiger partial charge in [0, 0.05) is 19.3 Å². The molecule has 4 N–H and O–H groups in total. The molecule has 0 aromatic rings. The predicted octanol–water partition coefficient (Wildman–Crippen LogP) is 21.1. The maximum atomic E-state index is 12.8. The lowest BCUT2D eigenvalue weighted by atomic mass is 10.0. The zero-order valence-corrected chi connectivity index (χ0v) is 60.7. The van der Waals surface area contributed by atoms with Crippen molar-refractivity contribution in [1.29, 1.82) is 0 Å². The summed E-state index contributed by atoms with van der Waals surface area (Å²) in [5.74, 6) is -1.59. The van der Waals surface area contributed by atoms with Crippen LogP contribution >= 0.6 is 15.6 Å². The van der Waals surface area contributed by atoms with Gasteiger partial charge >= 0.3 is 33.6 Å². The monoisotopic (exact) mass is 1350 g/mol. The van der Waals surface area contributed by atoms with Crippen LogP contribution < -0.4 is 0 Å². The first-order valence-corrected chi connectivity index (χ1v) is 40.2. The van der Waals surface area contributed by atoms with Crippen LogP contribution in [0.4, 0.5) is 0 Å². The number of phosphoric acid groups is 2. The minimum absolute atomic E-state index is 0.0954. The van der Waals surface area contributed by atoms with Gasteiger partial charge in [-0.3, -0.25) is 32.5 Å². The molecule has 0 amide bonds. The van der Waals surface area contributed by atoms with Crippen LogP contribution in [0.3, 0.4) is 0 Å². The number of esters is 3. The Morgan fingerprint density at radius 1 is 0.301 bits per heavy atom. The highest BCUT2D eigenvalue weighted by atomic mass is 31.2. The third-order valence-electron chi connectivity index (χ3n) is 15.9. The molecule has 0 saturated heterocycles. The van der Waals surface area contributed by atoms with E-state index in [-0.39, 0.29) is 19.3 Å². The molecule has 0 rings (SSSR count). The molecule has 0 aliphatic rings. The number of allylic oxidation sites excluding steroid dienone is 12. The highest BCUT2D eigenvalue weighted by Gasteiger charge is 2.29. The van der Waals surface area contributed by atoms with Gasteiger partial charge in [0.15, 0.2) is 6.10 Å². The number of hydrogen-bond acceptors (Lipinski definition) is 14. The lowest BCUT2D eigenvalue weighted by molar-refractivity contribution is -0.161. The average molecular weight is 1360 g/mol. The Hall–Kier alpha value is -3.01. The zero-order chi connectivity index (χ0) is 68.1. The van der Waals surface area contributed by atoms with E-state index in [1.807, 2.05) is 0 Å². The van der Waals surface area contributed by atoms with E-state index in [1.165, 1.54) is 154 Å². The summed E-state index contributed by atoms with van der Waals surface area (Å²) in [5.41, 5.74) is 0. The molecule has 5 unspecified atom stereocenters. The number of aliphatic hydroxyl groups is 2. The lowest BCUT2D eigenvalue weighted by Crippen LogP contribution is -2.30. The Kier molecular flexibility index (Phi) is 66.7. The quantitative estimate of drug-likeness (QED) is 0.0146. The number of unbranched alkanes of at least 4 members (excludes halogenated alkanes) is 36. The third-order valence-corrected chi connectivity index (χ3v) is 17.8. The van der Waals surface area contributed by atoms with Gasteiger partial charge in [0.1, 0.15) is 25.4 Å². The minimum atomic E-state index is -4.91. The van der Waals surface area contributed by atoms with Crippen LogP contribution in [0.25, 0.3) is 0 Å². The van der Waals surface area contributed by atoms with Crippen LogP contribution in [0.1, 0.15) is 329 Å². The van der Waals surface area contributed by atoms with E-state index in [2.05, 4.69) is 93.7 Å². The molecule has 16 nitrogen and oxygen atoms in total. The number of carbonyl (C=O) groups excluding carboxylic acids is 3. The van der Waals surface area contributed by atoms with Gasteiger partial charge in [0.2, 0.25) is 0 Å². The number of carbonyl (C=O) groups is 3. The SMILES string of the molecule is CCCC/C=C\CCCCCCCC(=O)OCC(COP(=O)(O)OCC(O)COP(=O)(O)OCC(O)COC(=O)CCCCCCCCCCCCCCCCCCCCC/C=C\C/C=C\C/C=C\C/C=C\CCCCC)OC(=O)CCCCCCC/C=C\CCCC. The van der Waals surface area contributed by atoms with Gasteiger partial charge in [0.05, 0.1) is 26.4 Å². The summed E-state index contributed by atoms with van der Waals surface area (Å²) in [6, 6.07) is 0. The second-order valence-electron chi connectivity index (χ2n) is 25.1. The van der Waals surface area contributed by atoms with Gasteiger partial charge in [-0.25, -0.2) is 9.13 Å². The van der Waals surface area contributed by atoms with Crippen molar-refractivity contribution in [2.75, 3.05) is 39.6 Å². The highest BCUT2D eigenvalue weighted by molar-refractivity contribution is 7.47. The van der Waals surface area contributed by atoms with Gasteiger partial charge in [-0.05, 0) is 103 Å². The summed E-state index contributed by atoms with van der Waals surface area (Å²) in [6.07, 6.45) is 74.4. The summed E-state index contributed by atoms with van der Waals surface area (Å²) < 4.78 is 60.8. The zero-order valence-electron chi connectivity index (χ0n) is 58.9. The maximum absolute atomic E-state index is 12.8. The summed E-state index contributed by atoms with van der Waals surface area (Å²) >= 11 is 0. The third kappa shape index (κ3) is 70.1. The van der Waals surface area contributed by atoms with Gasteiger partial charge in [0.25, 0.3) is 0 Å². The lowest BCUT2D eigenvalue weighted by Gasteiger charge is -2.21. The van der Waals surface area contributed by atoms with Crippen LogP contribution in [0.15, 0.2) is 72.9 Å². The number of ether oxygens (including phenoxy) is 3. The van der Waals surface area contributed by atoms with Crippen LogP contribution in [0, 0.1) is 0 Å². The van der Waals surface area contributed by atoms with Crippen molar-refractivity contribution >= 4 is 33.6 Å². The normalized spacial score (nSPS) is 14.5. The fraction of sp³-hybridized carbons (Fsp3) is 0.800. The fourth-order valence-corrected chi connectivity index (χ4v) is 11.7. The van der Waals surface area contributed by atoms with E-state index in [1.54, 1.807) is 0 Å². The number of rotatable bonds is 71. The molecule has 0 heterocycles. The second-order valence-corrected chi connectivity index (χ2v) is 28.0. The van der Waals surface area contributed by atoms with E-state index in [9.17, 15) is 43.5 Å². The Morgan fingerprint density at radius 3 is 0.892 bits per heavy atom. The largest absolute Gasteiger partial charge is 0.472 e. The number of hydrogen-bond donors (Lipinski definition) is 4. The van der Waals surface area contributed by atoms with Crippen molar-refractivity contribution in [2.24, 2.45) is 0 Å². The van der Waals surface area contributed by atoms with Gasteiger partial charge in [-0.15, -0.1) is 0 Å². The van der Waals surface area contributed by atoms with E-state index in [0.717, 1.165) is 116 Å². The molecule has 18 heteroatoms. The molecule has 93 heavy (non-hydrogen) atoms. The molecule has 0 saturated carbocycles. The van der Waals surface area contributed by atoms with Crippen molar-refractivity contribution in [3.63, 3.8) is 0 Å². The summed E-state index contributed by atoms with van der Waals surface area (Å²) in [5, 5.41) is 20.5. The Balaban J connectivity index is 4.21. The van der Waals surface area contributed by atoms with E-state index < -0.39 is 91.5 Å². The Labute approximate surface area is 566 Å². The van der Waals surface area contributed by atoms with Crippen molar-refractivity contribution in [2.45, 2.75) is 347 Å². The molecular formula is C75H136O16P2. The van der Waals surface area contributed by atoms with Crippen molar-refractivity contribution in [3.8, 4) is 0 Å². The first kappa shape index (κ1) is 90.0. The molecule has 542 valence electrons. The van der Waals surface area contributed by atoms with Crippen LogP contribution in [-0.4, -0.2) is 95.9 Å². The van der Waals surface area contributed by atoms with Gasteiger partial charge in [-0.1, -0.05) is 280 Å². The minimum Gasteiger partial charge on any atom is -0.463 e.